The van der Waals surface area contributed by atoms with Gasteiger partial charge in [-0.1, -0.05) is 31.1 Å². The molecule has 0 radical (unpaired) electrons. The number of nitrogens with two attached hydrogens (primary N) is 4. The summed E-state index contributed by atoms with van der Waals surface area (Å²) in [5, 5.41) is 13.4. The van der Waals surface area contributed by atoms with Crippen molar-refractivity contribution >= 4 is 68.2 Å². The molecule has 82 heavy (non-hydrogen) atoms. The Bertz CT molecular complexity index is 3990. The van der Waals surface area contributed by atoms with E-state index in [0.717, 1.165) is 24.1 Å². The number of fused-ring (bicyclic) bond motifs is 4. The van der Waals surface area contributed by atoms with Crippen molar-refractivity contribution in [2.45, 2.75) is 116 Å². The van der Waals surface area contributed by atoms with Crippen LogP contribution in [0.3, 0.4) is 0 Å². The molecule has 1 unspecified atom stereocenters. The maximum absolute atomic E-state index is 11.7. The predicted molar refractivity (Wildman–Crippen MR) is 302 cm³/mol. The van der Waals surface area contributed by atoms with E-state index >= 15 is 0 Å². The van der Waals surface area contributed by atoms with E-state index in [-0.39, 0.29) is 65.4 Å². The van der Waals surface area contributed by atoms with Gasteiger partial charge in [0.2, 0.25) is 11.9 Å². The van der Waals surface area contributed by atoms with Crippen LogP contribution in [-0.2, 0) is 27.3 Å². The number of rotatable bonds is 10. The van der Waals surface area contributed by atoms with Crippen LogP contribution >= 0.6 is 0 Å². The normalized spacial score (nSPS) is 21.2. The van der Waals surface area contributed by atoms with Crippen molar-refractivity contribution < 1.29 is 19.3 Å². The third kappa shape index (κ3) is 13.2. The first-order chi connectivity index (χ1) is 39.3. The number of nitrogen functional groups attached to an aromatic ring is 4. The Morgan fingerprint density at radius 3 is 1.88 bits per heavy atom. The minimum Gasteiger partial charge on any atom is -0.393 e. The predicted octanol–water partition coefficient (Wildman–Crippen LogP) is 2.20. The fourth-order valence-electron chi connectivity index (χ4n) is 9.49. The standard InChI is InChI=1S/C11H15N5O2.C11H13N5O.C10H13N5O3.C9H13N5O.C8H11N5O/c1-5-2-6(3-7(5)17)16-4-13-8-9(16)14-11(12)15-10(8)18;1-6-2-3-7(4-6)16-5-13-8-9(16)14-11(12)15-10(8)17;1-5-4-15(10(17)12-9(5)16)8-3-7(13-14-11)6(2)18-8;1-6(15-2)3-14-5-13-7-8(10)11-4-12-9(7)14;1-14-3-2-13-5-12-6-7(9)10-4-11-8(6)13/h4-7,17H,2-3H2,1H3,(H3,12,14,15,18);2-3,5-7H,4H2,1H3,(H3,12,14,15,17);4,6-8H,3H2,1-2H3,(H,12,16,17);4-6H,3H2,1-2H3,(H2,10,11,12);4-5H,2-3H2,1H3,(H2,9,10,11)/t5-,6+,7+;6-,7+;6-,7-,8-;;/m011../s1. The molecule has 0 spiro atoms. The molecule has 0 bridgehead atoms. The first-order valence-corrected chi connectivity index (χ1v) is 26.0. The lowest BCUT2D eigenvalue weighted by atomic mass is 10.1. The number of anilines is 4. The lowest BCUT2D eigenvalue weighted by Gasteiger charge is -2.13. The molecule has 2 fully saturated rings. The van der Waals surface area contributed by atoms with Gasteiger partial charge in [-0.05, 0) is 57.4 Å². The monoisotopic (exact) mass is 1130 g/mol. The van der Waals surface area contributed by atoms with Gasteiger partial charge in [0, 0.05) is 49.9 Å². The maximum Gasteiger partial charge on any atom is 0.330 e. The van der Waals surface area contributed by atoms with Gasteiger partial charge in [0.25, 0.3) is 16.7 Å². The molecule has 0 aromatic carbocycles. The molecule has 9 aromatic heterocycles. The topological polar surface area (TPSA) is 470 Å². The maximum atomic E-state index is 11.7. The number of imidazole rings is 4. The van der Waals surface area contributed by atoms with Crippen LogP contribution < -0.4 is 45.3 Å². The van der Waals surface area contributed by atoms with E-state index < -0.39 is 17.5 Å². The van der Waals surface area contributed by atoms with Crippen molar-refractivity contribution in [2.75, 3.05) is 43.8 Å². The summed E-state index contributed by atoms with van der Waals surface area (Å²) in [7, 11) is 3.33. The Hall–Kier alpha value is -9.43. The number of hydrogen-bond donors (Lipinski definition) is 8. The van der Waals surface area contributed by atoms with Gasteiger partial charge in [-0.2, -0.15) is 9.97 Å². The van der Waals surface area contributed by atoms with Gasteiger partial charge in [-0.15, -0.1) is 0 Å². The molecule has 1 saturated heterocycles. The molecule has 434 valence electrons. The van der Waals surface area contributed by atoms with Crippen molar-refractivity contribution in [1.82, 2.24) is 87.6 Å². The van der Waals surface area contributed by atoms with Crippen LogP contribution in [0.5, 0.6) is 0 Å². The zero-order chi connectivity index (χ0) is 58.9. The van der Waals surface area contributed by atoms with Gasteiger partial charge >= 0.3 is 5.69 Å². The molecule has 33 nitrogen and oxygen atoms in total. The van der Waals surface area contributed by atoms with Crippen LogP contribution in [0.15, 0.2) is 80.6 Å². The third-order valence-electron chi connectivity index (χ3n) is 14.0. The Morgan fingerprint density at radius 2 is 1.32 bits per heavy atom. The third-order valence-corrected chi connectivity index (χ3v) is 14.0. The van der Waals surface area contributed by atoms with E-state index in [1.54, 1.807) is 53.4 Å². The summed E-state index contributed by atoms with van der Waals surface area (Å²) in [6.45, 7) is 11.6. The molecule has 12 N–H and O–H groups in total. The smallest absolute Gasteiger partial charge is 0.330 e. The molecule has 0 amide bonds. The number of nitrogens with one attached hydrogen (secondary N) is 3. The van der Waals surface area contributed by atoms with E-state index in [1.807, 2.05) is 32.1 Å². The van der Waals surface area contributed by atoms with Crippen molar-refractivity contribution in [3.05, 3.63) is 114 Å². The second kappa shape index (κ2) is 25.8. The summed E-state index contributed by atoms with van der Waals surface area (Å²) in [5.74, 6) is 1.80. The number of azide groups is 1. The highest BCUT2D eigenvalue weighted by molar-refractivity contribution is 5.81. The van der Waals surface area contributed by atoms with Gasteiger partial charge in [0.1, 0.15) is 29.9 Å². The molecule has 2 aliphatic carbocycles. The highest BCUT2D eigenvalue weighted by atomic mass is 16.5. The number of methoxy groups -OCH3 is 2. The summed E-state index contributed by atoms with van der Waals surface area (Å²) in [4.78, 5) is 96.8. The number of aliphatic hydroxyl groups excluding tert-OH is 1. The Morgan fingerprint density at radius 1 is 0.732 bits per heavy atom. The average molecular weight is 1130 g/mol. The summed E-state index contributed by atoms with van der Waals surface area (Å²) in [6, 6.07) is 0.0246. The average Bonchev–Trinajstić information content (AvgIpc) is 4.35. The zero-order valence-corrected chi connectivity index (χ0v) is 46.0. The second-order valence-electron chi connectivity index (χ2n) is 19.9. The van der Waals surface area contributed by atoms with Crippen molar-refractivity contribution in [3.63, 3.8) is 0 Å². The van der Waals surface area contributed by atoms with E-state index in [4.69, 9.17) is 42.7 Å². The molecule has 3 aliphatic rings. The summed E-state index contributed by atoms with van der Waals surface area (Å²) >= 11 is 0. The second-order valence-corrected chi connectivity index (χ2v) is 19.9. The van der Waals surface area contributed by atoms with Crippen LogP contribution in [-0.4, -0.2) is 138 Å². The van der Waals surface area contributed by atoms with Crippen molar-refractivity contribution in [1.29, 1.82) is 0 Å². The molecular weight excluding hydrogens is 1070 g/mol. The van der Waals surface area contributed by atoms with Gasteiger partial charge < -0.3 is 60.5 Å². The Kier molecular flexibility index (Phi) is 18.5. The summed E-state index contributed by atoms with van der Waals surface area (Å²) < 4.78 is 24.6. The number of aryl methyl sites for hydroxylation is 1. The summed E-state index contributed by atoms with van der Waals surface area (Å²) in [6.07, 6.45) is 17.2. The van der Waals surface area contributed by atoms with Crippen molar-refractivity contribution in [3.8, 4) is 0 Å². The van der Waals surface area contributed by atoms with Crippen LogP contribution in [0.1, 0.15) is 77.3 Å². The van der Waals surface area contributed by atoms with Gasteiger partial charge in [-0.25, -0.2) is 44.7 Å². The largest absolute Gasteiger partial charge is 0.393 e. The van der Waals surface area contributed by atoms with Crippen LogP contribution in [0.2, 0.25) is 0 Å². The highest BCUT2D eigenvalue weighted by Crippen LogP contribution is 2.36. The minimum absolute atomic E-state index is 0.0841. The number of H-pyrrole nitrogens is 3. The molecule has 12 rings (SSSR count). The first kappa shape index (κ1) is 58.7. The number of hydrogen-bond acceptors (Lipinski definition) is 23. The quantitative estimate of drug-likeness (QED) is 0.0421. The molecular formula is C49H65N25O8. The lowest BCUT2D eigenvalue weighted by molar-refractivity contribution is 0.00600. The number of allylic oxidation sites excluding steroid dienone is 2. The molecule has 10 heterocycles. The van der Waals surface area contributed by atoms with Crippen LogP contribution in [0.4, 0.5) is 23.5 Å². The van der Waals surface area contributed by atoms with Crippen LogP contribution in [0, 0.1) is 18.8 Å². The molecule has 9 aromatic rings. The molecule has 1 saturated carbocycles. The molecule has 33 heteroatoms. The highest BCUT2D eigenvalue weighted by Gasteiger charge is 2.34. The van der Waals surface area contributed by atoms with Gasteiger partial charge in [-0.3, -0.25) is 33.9 Å². The molecule has 9 atom stereocenters. The fourth-order valence-corrected chi connectivity index (χ4v) is 9.49. The number of aromatic nitrogens is 18. The number of nitrogens with zero attached hydrogens (tertiary/aromatic N) is 18. The number of aliphatic hydroxyl groups is 1. The van der Waals surface area contributed by atoms with Gasteiger partial charge in [0.05, 0.1) is 68.9 Å². The van der Waals surface area contributed by atoms with Crippen molar-refractivity contribution in [2.24, 2.45) is 17.0 Å². The zero-order valence-electron chi connectivity index (χ0n) is 46.0. The minimum atomic E-state index is -0.524. The SMILES string of the molecule is COC(C)Cn1cnc2c(N)ncnc21.COCCn1cnc2c(N)ncnc21.C[C@@H]1C=C[C@H](n2cnc3c(=O)[nH]c(N)nc32)C1.C[C@H]1C[C@@H](n2cnc3c(=O)[nH]c(N)nc32)C[C@H]1O.Cc1cn([C@H]2C[C@@H](N=[N+]=[N-])[C@@H](C)O2)c(=O)[nH]c1=O. The Balaban J connectivity index is 0.000000135. The van der Waals surface area contributed by atoms with E-state index in [2.05, 4.69) is 93.9 Å². The Labute approximate surface area is 464 Å². The number of ether oxygens (including phenoxy) is 3. The van der Waals surface area contributed by atoms with Gasteiger partial charge in [0.15, 0.2) is 45.3 Å². The van der Waals surface area contributed by atoms with E-state index in [0.29, 0.717) is 89.0 Å². The van der Waals surface area contributed by atoms with Crippen LogP contribution in [0.25, 0.3) is 55.1 Å². The molecule has 1 aliphatic heterocycles. The fraction of sp³-hybridized carbons (Fsp3) is 0.469. The summed E-state index contributed by atoms with van der Waals surface area (Å²) in [5.41, 5.74) is 34.2. The number of aromatic amines is 3. The van der Waals surface area contributed by atoms with E-state index in [9.17, 15) is 24.3 Å². The first-order valence-electron chi connectivity index (χ1n) is 26.0. The van der Waals surface area contributed by atoms with E-state index in [1.165, 1.54) is 23.4 Å². The lowest BCUT2D eigenvalue weighted by Crippen LogP contribution is -2.33.